The van der Waals surface area contributed by atoms with Crippen molar-refractivity contribution >= 4 is 17.3 Å². The maximum Gasteiger partial charge on any atom is 0.169 e. The monoisotopic (exact) mass is 341 g/mol. The molecule has 0 spiro atoms. The molecule has 0 amide bonds. The standard InChI is InChI=1S/C19H23N3OS/c24-19(21-13-18-10-6-12-23-18)22(14-16-7-2-1-3-8-16)15-17-9-4-5-11-20-17/h1-5,7-9,11,18H,6,10,12-15H2,(H,21,24). The van der Waals surface area contributed by atoms with Gasteiger partial charge in [0.2, 0.25) is 0 Å². The molecule has 1 aliphatic heterocycles. The number of nitrogens with zero attached hydrogens (tertiary/aromatic N) is 2. The van der Waals surface area contributed by atoms with E-state index in [1.807, 2.05) is 30.5 Å². The fourth-order valence-electron chi connectivity index (χ4n) is 2.81. The van der Waals surface area contributed by atoms with E-state index in [9.17, 15) is 0 Å². The van der Waals surface area contributed by atoms with Crippen molar-refractivity contribution in [3.05, 3.63) is 66.0 Å². The van der Waals surface area contributed by atoms with E-state index in [4.69, 9.17) is 17.0 Å². The van der Waals surface area contributed by atoms with Crippen molar-refractivity contribution in [2.24, 2.45) is 0 Å². The van der Waals surface area contributed by atoms with E-state index in [0.717, 1.165) is 43.3 Å². The van der Waals surface area contributed by atoms with Crippen LogP contribution in [-0.4, -0.2) is 34.3 Å². The Balaban J connectivity index is 1.64. The molecule has 1 aliphatic rings. The second kappa shape index (κ2) is 8.76. The van der Waals surface area contributed by atoms with Gasteiger partial charge in [-0.1, -0.05) is 36.4 Å². The van der Waals surface area contributed by atoms with Crippen molar-refractivity contribution < 1.29 is 4.74 Å². The van der Waals surface area contributed by atoms with Crippen LogP contribution in [0.15, 0.2) is 54.7 Å². The van der Waals surface area contributed by atoms with Crippen LogP contribution in [-0.2, 0) is 17.8 Å². The predicted molar refractivity (Wildman–Crippen MR) is 99.5 cm³/mol. The van der Waals surface area contributed by atoms with Gasteiger partial charge in [0.15, 0.2) is 5.11 Å². The number of ether oxygens (including phenoxy) is 1. The number of benzene rings is 1. The zero-order valence-corrected chi connectivity index (χ0v) is 14.5. The normalized spacial score (nSPS) is 16.8. The van der Waals surface area contributed by atoms with Crippen LogP contribution in [0.4, 0.5) is 0 Å². The van der Waals surface area contributed by atoms with Crippen LogP contribution < -0.4 is 5.32 Å². The molecule has 1 N–H and O–H groups in total. The fraction of sp³-hybridized carbons (Fsp3) is 0.368. The number of thiocarbonyl (C=S) groups is 1. The Labute approximate surface area is 148 Å². The summed E-state index contributed by atoms with van der Waals surface area (Å²) in [5.74, 6) is 0. The minimum absolute atomic E-state index is 0.274. The number of pyridine rings is 1. The van der Waals surface area contributed by atoms with Gasteiger partial charge in [-0.15, -0.1) is 0 Å². The van der Waals surface area contributed by atoms with Crippen LogP contribution in [0.25, 0.3) is 0 Å². The molecule has 0 aliphatic carbocycles. The van der Waals surface area contributed by atoms with Crippen molar-refractivity contribution in [3.8, 4) is 0 Å². The minimum Gasteiger partial charge on any atom is -0.376 e. The average Bonchev–Trinajstić information content (AvgIpc) is 3.14. The van der Waals surface area contributed by atoms with Crippen molar-refractivity contribution in [2.75, 3.05) is 13.2 Å². The van der Waals surface area contributed by atoms with Gasteiger partial charge in [0.05, 0.1) is 18.3 Å². The first-order chi connectivity index (χ1) is 11.8. The number of rotatable bonds is 6. The van der Waals surface area contributed by atoms with E-state index in [0.29, 0.717) is 6.54 Å². The lowest BCUT2D eigenvalue weighted by Crippen LogP contribution is -2.42. The van der Waals surface area contributed by atoms with E-state index in [1.54, 1.807) is 0 Å². The first-order valence-electron chi connectivity index (χ1n) is 8.39. The van der Waals surface area contributed by atoms with Gasteiger partial charge >= 0.3 is 0 Å². The Morgan fingerprint density at radius 2 is 2.00 bits per heavy atom. The van der Waals surface area contributed by atoms with Crippen LogP contribution >= 0.6 is 12.2 Å². The molecule has 0 saturated carbocycles. The summed E-state index contributed by atoms with van der Waals surface area (Å²) in [7, 11) is 0. The van der Waals surface area contributed by atoms with Crippen LogP contribution in [0.2, 0.25) is 0 Å². The molecule has 1 fully saturated rings. The van der Waals surface area contributed by atoms with Gasteiger partial charge in [-0.3, -0.25) is 4.98 Å². The highest BCUT2D eigenvalue weighted by atomic mass is 32.1. The van der Waals surface area contributed by atoms with E-state index in [1.165, 1.54) is 5.56 Å². The molecule has 5 heteroatoms. The van der Waals surface area contributed by atoms with Crippen molar-refractivity contribution in [1.82, 2.24) is 15.2 Å². The summed E-state index contributed by atoms with van der Waals surface area (Å²) in [6.07, 6.45) is 4.34. The number of nitrogens with one attached hydrogen (secondary N) is 1. The SMILES string of the molecule is S=C(NCC1CCCO1)N(Cc1ccccc1)Cc1ccccn1. The number of aromatic nitrogens is 1. The fourth-order valence-corrected chi connectivity index (χ4v) is 3.02. The van der Waals surface area contributed by atoms with Crippen LogP contribution in [0, 0.1) is 0 Å². The predicted octanol–water partition coefficient (Wildman–Crippen LogP) is 3.14. The molecule has 2 heterocycles. The largest absolute Gasteiger partial charge is 0.376 e. The van der Waals surface area contributed by atoms with Crippen LogP contribution in [0.5, 0.6) is 0 Å². The first-order valence-corrected chi connectivity index (χ1v) is 8.80. The van der Waals surface area contributed by atoms with Gasteiger partial charge in [-0.25, -0.2) is 0 Å². The summed E-state index contributed by atoms with van der Waals surface area (Å²) in [5, 5.41) is 4.12. The third-order valence-corrected chi connectivity index (χ3v) is 4.49. The van der Waals surface area contributed by atoms with Crippen LogP contribution in [0.1, 0.15) is 24.1 Å². The molecule has 1 aromatic heterocycles. The molecule has 126 valence electrons. The molecule has 24 heavy (non-hydrogen) atoms. The van der Waals surface area contributed by atoms with Gasteiger partial charge in [0.25, 0.3) is 0 Å². The first kappa shape index (κ1) is 16.9. The zero-order chi connectivity index (χ0) is 16.6. The molecular formula is C19H23N3OS. The molecule has 1 saturated heterocycles. The summed E-state index contributed by atoms with van der Waals surface area (Å²) >= 11 is 5.64. The highest BCUT2D eigenvalue weighted by Crippen LogP contribution is 2.12. The lowest BCUT2D eigenvalue weighted by Gasteiger charge is -2.26. The van der Waals surface area contributed by atoms with Crippen molar-refractivity contribution in [3.63, 3.8) is 0 Å². The van der Waals surface area contributed by atoms with Crippen LogP contribution in [0.3, 0.4) is 0 Å². The molecular weight excluding hydrogens is 318 g/mol. The quantitative estimate of drug-likeness (QED) is 0.817. The second-order valence-corrected chi connectivity index (χ2v) is 6.37. The van der Waals surface area contributed by atoms with E-state index in [2.05, 4.69) is 39.5 Å². The summed E-state index contributed by atoms with van der Waals surface area (Å²) in [4.78, 5) is 6.58. The minimum atomic E-state index is 0.274. The third-order valence-electron chi connectivity index (χ3n) is 4.09. The topological polar surface area (TPSA) is 37.4 Å². The Hall–Kier alpha value is -1.98. The van der Waals surface area contributed by atoms with E-state index < -0.39 is 0 Å². The lowest BCUT2D eigenvalue weighted by molar-refractivity contribution is 0.113. The molecule has 4 nitrogen and oxygen atoms in total. The highest BCUT2D eigenvalue weighted by molar-refractivity contribution is 7.80. The molecule has 3 rings (SSSR count). The molecule has 0 bridgehead atoms. The molecule has 1 aromatic carbocycles. The van der Waals surface area contributed by atoms with Crippen molar-refractivity contribution in [2.45, 2.75) is 32.0 Å². The molecule has 0 radical (unpaired) electrons. The Kier molecular flexibility index (Phi) is 6.15. The van der Waals surface area contributed by atoms with Crippen molar-refractivity contribution in [1.29, 1.82) is 0 Å². The van der Waals surface area contributed by atoms with Gasteiger partial charge in [-0.2, -0.15) is 0 Å². The molecule has 1 unspecified atom stereocenters. The number of hydrogen-bond acceptors (Lipinski definition) is 3. The summed E-state index contributed by atoms with van der Waals surface area (Å²) in [6, 6.07) is 16.3. The molecule has 2 aromatic rings. The summed E-state index contributed by atoms with van der Waals surface area (Å²) in [6.45, 7) is 3.08. The van der Waals surface area contributed by atoms with Gasteiger partial charge in [0, 0.05) is 25.9 Å². The van der Waals surface area contributed by atoms with Gasteiger partial charge in [-0.05, 0) is 42.8 Å². The molecule has 1 atom stereocenters. The van der Waals surface area contributed by atoms with E-state index in [-0.39, 0.29) is 6.10 Å². The lowest BCUT2D eigenvalue weighted by atomic mass is 10.2. The Morgan fingerprint density at radius 1 is 1.17 bits per heavy atom. The Bertz CT molecular complexity index is 588. The van der Waals surface area contributed by atoms with Gasteiger partial charge in [0.1, 0.15) is 0 Å². The maximum absolute atomic E-state index is 5.67. The average molecular weight is 341 g/mol. The maximum atomic E-state index is 5.67. The Morgan fingerprint density at radius 3 is 2.71 bits per heavy atom. The second-order valence-electron chi connectivity index (χ2n) is 5.98. The zero-order valence-electron chi connectivity index (χ0n) is 13.7. The number of hydrogen-bond donors (Lipinski definition) is 1. The van der Waals surface area contributed by atoms with Gasteiger partial charge < -0.3 is 15.0 Å². The third kappa shape index (κ3) is 5.01. The highest BCUT2D eigenvalue weighted by Gasteiger charge is 2.17. The smallest absolute Gasteiger partial charge is 0.169 e. The summed E-state index contributed by atoms with van der Waals surface area (Å²) in [5.41, 5.74) is 2.24. The summed E-state index contributed by atoms with van der Waals surface area (Å²) < 4.78 is 5.67. The van der Waals surface area contributed by atoms with E-state index >= 15 is 0 Å².